The van der Waals surface area contributed by atoms with Gasteiger partial charge in [0.05, 0.1) is 36.7 Å². The van der Waals surface area contributed by atoms with Crippen molar-refractivity contribution in [1.82, 2.24) is 30.1 Å². The van der Waals surface area contributed by atoms with Gasteiger partial charge in [-0.1, -0.05) is 72.8 Å². The number of fused-ring (bicyclic) bond motifs is 1. The molecule has 1 saturated heterocycles. The Morgan fingerprint density at radius 1 is 0.871 bits per heavy atom. The van der Waals surface area contributed by atoms with E-state index in [-0.39, 0.29) is 62.3 Å². The smallest absolute Gasteiger partial charge is 0.445 e. The zero-order valence-electron chi connectivity index (χ0n) is 39.0. The highest BCUT2D eigenvalue weighted by atomic mass is 19.4. The summed E-state index contributed by atoms with van der Waals surface area (Å²) in [5.74, 6) is -2.31. The van der Waals surface area contributed by atoms with Gasteiger partial charge in [0, 0.05) is 29.7 Å². The van der Waals surface area contributed by atoms with Crippen LogP contribution >= 0.6 is 0 Å². The van der Waals surface area contributed by atoms with Crippen molar-refractivity contribution in [2.24, 2.45) is 0 Å². The number of alkyl carbamates (subject to hydrolysis) is 2. The summed E-state index contributed by atoms with van der Waals surface area (Å²) in [5, 5.41) is 5.82. The molecular formula is C51H54F4N6O9. The highest BCUT2D eigenvalue weighted by molar-refractivity contribution is 5.83. The summed E-state index contributed by atoms with van der Waals surface area (Å²) in [7, 11) is 0. The molecule has 1 fully saturated rings. The van der Waals surface area contributed by atoms with Gasteiger partial charge < -0.3 is 39.3 Å². The number of alkyl halides is 3. The Morgan fingerprint density at radius 2 is 1.54 bits per heavy atom. The van der Waals surface area contributed by atoms with Gasteiger partial charge in [-0.25, -0.2) is 23.6 Å². The molecule has 3 amide bonds. The standard InChI is InChI=1S/C51H54F4N6O9/c1-32(57-48(64)67-28-33-13-7-5-8-14-33)12-11-17-35-24-40(44(52)43(25-35)69-51(53,54)55)41-26-37-27-60(46(62)59-45(37)58-41)38-20-18-36(19-21-38)42-31-66-30-39(22-23-56-47(63)70-50(2,3)4)61(42)49(65)68-29-34-15-9-6-10-16-34/h5-10,13-16,18-21,24-27,32,39,42H,11-12,17,22-23,28-31H2,1-4H3,(H,56,63)(H,57,64)(H,58,59,62)/t32-,39-,42-/m0/s1. The SMILES string of the molecule is C[C@@H](CCCc1cc(OC(F)(F)F)c(F)c(-c2cc3cn(-c4ccc([C@@H]5COC[C@H](CCNC(=O)OC(C)(C)C)N5C(=O)OCc5ccccc5)cc4)c(=O)nc3[nH]2)c1)NC(=O)OCc1ccccc1. The summed E-state index contributed by atoms with van der Waals surface area (Å²) in [4.78, 5) is 60.7. The Bertz CT molecular complexity index is 2800. The molecule has 1 aliphatic heterocycles. The number of nitrogens with zero attached hydrogens (tertiary/aromatic N) is 3. The fourth-order valence-corrected chi connectivity index (χ4v) is 7.96. The number of benzene rings is 4. The van der Waals surface area contributed by atoms with Gasteiger partial charge >= 0.3 is 30.3 Å². The highest BCUT2D eigenvalue weighted by Gasteiger charge is 2.37. The molecule has 70 heavy (non-hydrogen) atoms. The predicted molar refractivity (Wildman–Crippen MR) is 251 cm³/mol. The molecule has 19 heteroatoms. The number of amides is 3. The largest absolute Gasteiger partial charge is 0.573 e. The van der Waals surface area contributed by atoms with Crippen molar-refractivity contribution >= 4 is 29.3 Å². The van der Waals surface area contributed by atoms with Crippen molar-refractivity contribution < 1.29 is 55.6 Å². The van der Waals surface area contributed by atoms with Gasteiger partial charge in [-0.15, -0.1) is 13.2 Å². The van der Waals surface area contributed by atoms with E-state index in [1.807, 2.05) is 60.7 Å². The Hall–Kier alpha value is -7.41. The molecule has 0 bridgehead atoms. The average Bonchev–Trinajstić information content (AvgIpc) is 3.73. The molecule has 0 aliphatic carbocycles. The zero-order valence-corrected chi connectivity index (χ0v) is 39.0. The fourth-order valence-electron chi connectivity index (χ4n) is 7.96. The minimum absolute atomic E-state index is 0.0275. The van der Waals surface area contributed by atoms with Crippen LogP contribution in [0.5, 0.6) is 5.75 Å². The minimum atomic E-state index is -5.19. The van der Waals surface area contributed by atoms with E-state index in [1.165, 1.54) is 22.9 Å². The van der Waals surface area contributed by atoms with E-state index >= 15 is 4.39 Å². The number of ether oxygens (including phenoxy) is 5. The lowest BCUT2D eigenvalue weighted by molar-refractivity contribution is -0.275. The first-order valence-electron chi connectivity index (χ1n) is 22.7. The molecule has 15 nitrogen and oxygen atoms in total. The summed E-state index contributed by atoms with van der Waals surface area (Å²) in [6.07, 6.45) is -4.16. The third-order valence-electron chi connectivity index (χ3n) is 11.2. The summed E-state index contributed by atoms with van der Waals surface area (Å²) in [6.45, 7) is 7.64. The van der Waals surface area contributed by atoms with E-state index in [4.69, 9.17) is 18.9 Å². The molecule has 1 aliphatic rings. The molecule has 0 saturated carbocycles. The number of aromatic nitrogens is 3. The van der Waals surface area contributed by atoms with Gasteiger partial charge in [0.15, 0.2) is 11.6 Å². The normalized spacial score (nSPS) is 15.5. The quantitative estimate of drug-likeness (QED) is 0.0625. The first kappa shape index (κ1) is 50.5. The molecular weight excluding hydrogens is 917 g/mol. The second-order valence-electron chi connectivity index (χ2n) is 17.8. The number of halogens is 4. The van der Waals surface area contributed by atoms with Crippen LogP contribution in [0.25, 0.3) is 28.0 Å². The van der Waals surface area contributed by atoms with Crippen LogP contribution in [-0.2, 0) is 38.6 Å². The van der Waals surface area contributed by atoms with E-state index in [9.17, 15) is 32.3 Å². The Balaban J connectivity index is 1.07. The molecule has 3 N–H and O–H groups in total. The molecule has 0 unspecified atom stereocenters. The molecule has 7 rings (SSSR count). The lowest BCUT2D eigenvalue weighted by Crippen LogP contribution is -2.51. The molecule has 4 aromatic carbocycles. The third kappa shape index (κ3) is 13.9. The molecule has 0 spiro atoms. The molecule has 370 valence electrons. The number of carbonyl (C=O) groups excluding carboxylic acids is 3. The second kappa shape index (κ2) is 22.3. The molecule has 0 radical (unpaired) electrons. The van der Waals surface area contributed by atoms with Gasteiger partial charge in [-0.2, -0.15) is 4.98 Å². The topological polar surface area (TPSA) is 175 Å². The number of carbonyl (C=O) groups is 3. The molecule has 6 aromatic rings. The minimum Gasteiger partial charge on any atom is -0.445 e. The van der Waals surface area contributed by atoms with Crippen LogP contribution in [0, 0.1) is 5.82 Å². The number of aryl methyl sites for hydroxylation is 1. The zero-order chi connectivity index (χ0) is 50.0. The number of hydrogen-bond acceptors (Lipinski definition) is 10. The number of aromatic amines is 1. The summed E-state index contributed by atoms with van der Waals surface area (Å²) < 4.78 is 84.2. The van der Waals surface area contributed by atoms with Crippen LogP contribution in [0.3, 0.4) is 0 Å². The Labute approximate surface area is 401 Å². The number of H-pyrrole nitrogens is 1. The van der Waals surface area contributed by atoms with E-state index < -0.39 is 59.6 Å². The summed E-state index contributed by atoms with van der Waals surface area (Å²) >= 11 is 0. The van der Waals surface area contributed by atoms with Gasteiger partial charge in [0.2, 0.25) is 0 Å². The van der Waals surface area contributed by atoms with E-state index in [2.05, 4.69) is 25.3 Å². The van der Waals surface area contributed by atoms with Gasteiger partial charge in [-0.05, 0) is 106 Å². The lowest BCUT2D eigenvalue weighted by Gasteiger charge is -2.41. The van der Waals surface area contributed by atoms with Crippen molar-refractivity contribution in [1.29, 1.82) is 0 Å². The van der Waals surface area contributed by atoms with Gasteiger partial charge in [0.25, 0.3) is 0 Å². The third-order valence-corrected chi connectivity index (χ3v) is 11.2. The molecule has 3 heterocycles. The fraction of sp³-hybridized carbons (Fsp3) is 0.353. The van der Waals surface area contributed by atoms with Crippen LogP contribution in [0.15, 0.2) is 114 Å². The van der Waals surface area contributed by atoms with Crippen LogP contribution in [0.1, 0.15) is 75.3 Å². The van der Waals surface area contributed by atoms with E-state index in [1.54, 1.807) is 56.9 Å². The average molecular weight is 971 g/mol. The Kier molecular flexibility index (Phi) is 16.1. The maximum Gasteiger partial charge on any atom is 0.573 e. The lowest BCUT2D eigenvalue weighted by atomic mass is 10.0. The maximum absolute atomic E-state index is 15.9. The number of nitrogens with one attached hydrogen (secondary N) is 3. The van der Waals surface area contributed by atoms with Crippen molar-refractivity contribution in [2.45, 2.75) is 96.7 Å². The van der Waals surface area contributed by atoms with Crippen molar-refractivity contribution in [3.05, 3.63) is 148 Å². The van der Waals surface area contributed by atoms with Crippen molar-refractivity contribution in [3.8, 4) is 22.7 Å². The molecule has 2 aromatic heterocycles. The van der Waals surface area contributed by atoms with Crippen molar-refractivity contribution in [3.63, 3.8) is 0 Å². The van der Waals surface area contributed by atoms with Crippen LogP contribution in [0.2, 0.25) is 0 Å². The van der Waals surface area contributed by atoms with Crippen molar-refractivity contribution in [2.75, 3.05) is 19.8 Å². The predicted octanol–water partition coefficient (Wildman–Crippen LogP) is 10.0. The van der Waals surface area contributed by atoms with Crippen LogP contribution in [-0.4, -0.2) is 81.5 Å². The number of hydrogen-bond donors (Lipinski definition) is 3. The van der Waals surface area contributed by atoms with Crippen LogP contribution < -0.4 is 21.1 Å². The monoisotopic (exact) mass is 970 g/mol. The number of morpholine rings is 1. The summed E-state index contributed by atoms with van der Waals surface area (Å²) in [6, 6.07) is 27.6. The second-order valence-corrected chi connectivity index (χ2v) is 17.8. The van der Waals surface area contributed by atoms with E-state index in [0.717, 1.165) is 17.2 Å². The van der Waals surface area contributed by atoms with Gasteiger partial charge in [0.1, 0.15) is 24.5 Å². The summed E-state index contributed by atoms with van der Waals surface area (Å²) in [5.41, 5.74) is 1.46. The van der Waals surface area contributed by atoms with E-state index in [0.29, 0.717) is 41.5 Å². The first-order chi connectivity index (χ1) is 33.4. The van der Waals surface area contributed by atoms with Gasteiger partial charge in [-0.3, -0.25) is 9.47 Å². The maximum atomic E-state index is 15.9. The Morgan fingerprint density at radius 3 is 2.20 bits per heavy atom. The molecule has 3 atom stereocenters. The highest BCUT2D eigenvalue weighted by Crippen LogP contribution is 2.36. The first-order valence-corrected chi connectivity index (χ1v) is 22.7. The number of rotatable bonds is 16. The van der Waals surface area contributed by atoms with Crippen LogP contribution in [0.4, 0.5) is 31.9 Å².